The Bertz CT molecular complexity index is 1000. The number of carbonyl (C=O) groups excluding carboxylic acids is 2. The van der Waals surface area contributed by atoms with E-state index in [0.29, 0.717) is 28.8 Å². The summed E-state index contributed by atoms with van der Waals surface area (Å²) < 4.78 is 5.11. The van der Waals surface area contributed by atoms with Gasteiger partial charge >= 0.3 is 5.97 Å². The summed E-state index contributed by atoms with van der Waals surface area (Å²) in [6, 6.07) is 14.6. The van der Waals surface area contributed by atoms with E-state index in [2.05, 4.69) is 20.5 Å². The summed E-state index contributed by atoms with van der Waals surface area (Å²) >= 11 is 1.23. The van der Waals surface area contributed by atoms with Gasteiger partial charge in [-0.15, -0.1) is 5.10 Å². The van der Waals surface area contributed by atoms with Gasteiger partial charge in [0, 0.05) is 11.3 Å². The van der Waals surface area contributed by atoms with Crippen LogP contribution in [0.3, 0.4) is 0 Å². The molecule has 0 aliphatic heterocycles. The van der Waals surface area contributed by atoms with Crippen LogP contribution in [0, 0.1) is 6.92 Å². The predicted octanol–water partition coefficient (Wildman–Crippen LogP) is 4.08. The van der Waals surface area contributed by atoms with Gasteiger partial charge in [-0.05, 0) is 37.1 Å². The SMILES string of the molecule is CCCOC(=O)c1cccc(NC(=O)CSc2n[nH]c(-c3ccccc3C)n2)c1. The Morgan fingerprint density at radius 2 is 2.00 bits per heavy atom. The number of nitrogens with zero attached hydrogens (tertiary/aromatic N) is 2. The molecule has 0 fully saturated rings. The summed E-state index contributed by atoms with van der Waals surface area (Å²) in [5.74, 6) is 0.206. The maximum Gasteiger partial charge on any atom is 0.338 e. The van der Waals surface area contributed by atoms with E-state index in [1.54, 1.807) is 24.3 Å². The molecule has 0 bridgehead atoms. The maximum atomic E-state index is 12.3. The molecule has 0 aliphatic carbocycles. The van der Waals surface area contributed by atoms with Gasteiger partial charge in [0.05, 0.1) is 17.9 Å². The number of thioether (sulfide) groups is 1. The molecular weight excluding hydrogens is 388 g/mol. The number of amides is 1. The molecular formula is C21H22N4O3S. The van der Waals surface area contributed by atoms with E-state index in [4.69, 9.17) is 4.74 Å². The Balaban J connectivity index is 1.56. The Labute approximate surface area is 173 Å². The Morgan fingerprint density at radius 3 is 2.79 bits per heavy atom. The van der Waals surface area contributed by atoms with Crippen molar-refractivity contribution in [2.24, 2.45) is 0 Å². The third kappa shape index (κ3) is 5.68. The number of benzene rings is 2. The molecule has 3 rings (SSSR count). The molecule has 0 radical (unpaired) electrons. The second kappa shape index (κ2) is 9.88. The molecule has 7 nitrogen and oxygen atoms in total. The van der Waals surface area contributed by atoms with Crippen LogP contribution in [-0.2, 0) is 9.53 Å². The summed E-state index contributed by atoms with van der Waals surface area (Å²) in [5, 5.41) is 10.3. The number of aromatic nitrogens is 3. The maximum absolute atomic E-state index is 12.3. The second-order valence-corrected chi connectivity index (χ2v) is 7.28. The zero-order valence-corrected chi connectivity index (χ0v) is 17.1. The molecule has 150 valence electrons. The fourth-order valence-electron chi connectivity index (χ4n) is 2.60. The van der Waals surface area contributed by atoms with Crippen LogP contribution in [-0.4, -0.2) is 39.4 Å². The van der Waals surface area contributed by atoms with Crippen molar-refractivity contribution in [3.63, 3.8) is 0 Å². The van der Waals surface area contributed by atoms with Crippen LogP contribution in [0.25, 0.3) is 11.4 Å². The molecule has 2 aromatic carbocycles. The third-order valence-electron chi connectivity index (χ3n) is 4.02. The monoisotopic (exact) mass is 410 g/mol. The van der Waals surface area contributed by atoms with Crippen LogP contribution >= 0.6 is 11.8 Å². The van der Waals surface area contributed by atoms with Crippen LogP contribution in [0.5, 0.6) is 0 Å². The first-order valence-electron chi connectivity index (χ1n) is 9.25. The third-order valence-corrected chi connectivity index (χ3v) is 4.86. The molecule has 0 unspecified atom stereocenters. The molecule has 0 aliphatic rings. The largest absolute Gasteiger partial charge is 0.462 e. The number of carbonyl (C=O) groups is 2. The second-order valence-electron chi connectivity index (χ2n) is 6.34. The molecule has 0 saturated carbocycles. The number of aryl methyl sites for hydroxylation is 1. The Kier molecular flexibility index (Phi) is 7.02. The number of hydrogen-bond acceptors (Lipinski definition) is 6. The molecule has 0 spiro atoms. The van der Waals surface area contributed by atoms with Crippen LogP contribution < -0.4 is 5.32 Å². The van der Waals surface area contributed by atoms with Gasteiger partial charge in [-0.2, -0.15) is 0 Å². The van der Waals surface area contributed by atoms with Crippen molar-refractivity contribution in [2.45, 2.75) is 25.4 Å². The average Bonchev–Trinajstić information content (AvgIpc) is 3.20. The predicted molar refractivity (Wildman–Crippen MR) is 113 cm³/mol. The van der Waals surface area contributed by atoms with Gasteiger partial charge in [0.25, 0.3) is 0 Å². The van der Waals surface area contributed by atoms with Gasteiger partial charge in [0.15, 0.2) is 5.82 Å². The standard InChI is InChI=1S/C21H22N4O3S/c1-3-11-28-20(27)15-8-6-9-16(12-15)22-18(26)13-29-21-23-19(24-25-21)17-10-5-4-7-14(17)2/h4-10,12H,3,11,13H2,1-2H3,(H,22,26)(H,23,24,25). The van der Waals surface area contributed by atoms with E-state index >= 15 is 0 Å². The first-order chi connectivity index (χ1) is 14.1. The summed E-state index contributed by atoms with van der Waals surface area (Å²) in [4.78, 5) is 28.6. The number of esters is 1. The van der Waals surface area contributed by atoms with E-state index in [0.717, 1.165) is 17.5 Å². The highest BCUT2D eigenvalue weighted by atomic mass is 32.2. The van der Waals surface area contributed by atoms with Gasteiger partial charge < -0.3 is 10.1 Å². The van der Waals surface area contributed by atoms with Crippen LogP contribution in [0.2, 0.25) is 0 Å². The quantitative estimate of drug-likeness (QED) is 0.429. The molecule has 1 heterocycles. The minimum Gasteiger partial charge on any atom is -0.462 e. The topological polar surface area (TPSA) is 97.0 Å². The van der Waals surface area contributed by atoms with Gasteiger partial charge in [-0.1, -0.05) is 49.0 Å². The van der Waals surface area contributed by atoms with Crippen molar-refractivity contribution in [3.05, 3.63) is 59.7 Å². The van der Waals surface area contributed by atoms with E-state index in [1.165, 1.54) is 11.8 Å². The number of H-pyrrole nitrogens is 1. The van der Waals surface area contributed by atoms with Gasteiger partial charge in [0.2, 0.25) is 11.1 Å². The lowest BCUT2D eigenvalue weighted by atomic mass is 10.1. The summed E-state index contributed by atoms with van der Waals surface area (Å²) in [6.45, 7) is 4.30. The molecule has 8 heteroatoms. The number of ether oxygens (including phenoxy) is 1. The molecule has 2 N–H and O–H groups in total. The number of rotatable bonds is 8. The zero-order valence-electron chi connectivity index (χ0n) is 16.3. The number of aromatic amines is 1. The normalized spacial score (nSPS) is 10.6. The Hall–Kier alpha value is -3.13. The summed E-state index contributed by atoms with van der Waals surface area (Å²) in [7, 11) is 0. The van der Waals surface area contributed by atoms with Gasteiger partial charge in [-0.3, -0.25) is 9.89 Å². The molecule has 1 aromatic heterocycles. The van der Waals surface area contributed by atoms with Crippen LogP contribution in [0.1, 0.15) is 29.3 Å². The summed E-state index contributed by atoms with van der Waals surface area (Å²) in [6.07, 6.45) is 0.756. The molecule has 0 saturated heterocycles. The summed E-state index contributed by atoms with van der Waals surface area (Å²) in [5.41, 5.74) is 3.01. The smallest absolute Gasteiger partial charge is 0.338 e. The molecule has 29 heavy (non-hydrogen) atoms. The lowest BCUT2D eigenvalue weighted by molar-refractivity contribution is -0.113. The van der Waals surface area contributed by atoms with Crippen molar-refractivity contribution in [1.82, 2.24) is 15.2 Å². The number of anilines is 1. The zero-order chi connectivity index (χ0) is 20.6. The highest BCUT2D eigenvalue weighted by Gasteiger charge is 2.12. The van der Waals surface area contributed by atoms with Crippen molar-refractivity contribution in [2.75, 3.05) is 17.7 Å². The van der Waals surface area contributed by atoms with Gasteiger partial charge in [-0.25, -0.2) is 9.78 Å². The first kappa shape index (κ1) is 20.6. The van der Waals surface area contributed by atoms with Crippen molar-refractivity contribution in [1.29, 1.82) is 0 Å². The Morgan fingerprint density at radius 1 is 1.17 bits per heavy atom. The van der Waals surface area contributed by atoms with Gasteiger partial charge in [0.1, 0.15) is 0 Å². The van der Waals surface area contributed by atoms with E-state index in [-0.39, 0.29) is 11.7 Å². The fourth-order valence-corrected chi connectivity index (χ4v) is 3.20. The van der Waals surface area contributed by atoms with Crippen molar-refractivity contribution < 1.29 is 14.3 Å². The first-order valence-corrected chi connectivity index (χ1v) is 10.2. The van der Waals surface area contributed by atoms with E-state index in [1.807, 2.05) is 38.1 Å². The molecule has 1 amide bonds. The van der Waals surface area contributed by atoms with E-state index < -0.39 is 5.97 Å². The van der Waals surface area contributed by atoms with E-state index in [9.17, 15) is 9.59 Å². The highest BCUT2D eigenvalue weighted by molar-refractivity contribution is 7.99. The van der Waals surface area contributed by atoms with Crippen LogP contribution in [0.15, 0.2) is 53.7 Å². The highest BCUT2D eigenvalue weighted by Crippen LogP contribution is 2.22. The lowest BCUT2D eigenvalue weighted by Gasteiger charge is -2.07. The molecule has 3 aromatic rings. The lowest BCUT2D eigenvalue weighted by Crippen LogP contribution is -2.15. The average molecular weight is 410 g/mol. The minimum atomic E-state index is -0.401. The molecule has 0 atom stereocenters. The van der Waals surface area contributed by atoms with Crippen molar-refractivity contribution >= 4 is 29.3 Å². The van der Waals surface area contributed by atoms with Crippen molar-refractivity contribution in [3.8, 4) is 11.4 Å². The fraction of sp³-hybridized carbons (Fsp3) is 0.238. The van der Waals surface area contributed by atoms with Crippen LogP contribution in [0.4, 0.5) is 5.69 Å². The minimum absolute atomic E-state index is 0.148. The number of hydrogen-bond donors (Lipinski definition) is 2. The number of nitrogens with one attached hydrogen (secondary N) is 2.